The van der Waals surface area contributed by atoms with E-state index in [1.165, 1.54) is 9.80 Å². The molecule has 0 unspecified atom stereocenters. The van der Waals surface area contributed by atoms with E-state index in [-0.39, 0.29) is 37.8 Å². The minimum absolute atomic E-state index is 0.227. The number of carbonyl (C=O) groups is 6. The van der Waals surface area contributed by atoms with Crippen LogP contribution in [0.4, 0.5) is 9.59 Å². The van der Waals surface area contributed by atoms with Gasteiger partial charge in [0.2, 0.25) is 23.6 Å². The molecule has 4 aromatic rings. The molecular formula is C44H50ClN7O8. The smallest absolute Gasteiger partial charge is 0.405 e. The van der Waals surface area contributed by atoms with E-state index in [4.69, 9.17) is 23.1 Å². The molecule has 2 fully saturated rings. The highest BCUT2D eigenvalue weighted by Crippen LogP contribution is 2.43. The lowest BCUT2D eigenvalue weighted by Crippen LogP contribution is -2.59. The van der Waals surface area contributed by atoms with Gasteiger partial charge in [-0.15, -0.1) is 0 Å². The molecule has 2 saturated heterocycles. The second-order valence-corrected chi connectivity index (χ2v) is 16.5. The zero-order valence-electron chi connectivity index (χ0n) is 33.9. The average molecular weight is 840 g/mol. The Morgan fingerprint density at radius 1 is 0.600 bits per heavy atom. The van der Waals surface area contributed by atoms with E-state index in [9.17, 15) is 39.0 Å². The summed E-state index contributed by atoms with van der Waals surface area (Å²) in [6.45, 7) is 7.36. The number of nitrogens with zero attached hydrogens (tertiary/aromatic N) is 3. The molecule has 16 heteroatoms. The van der Waals surface area contributed by atoms with Crippen molar-refractivity contribution in [2.24, 2.45) is 23.3 Å². The third kappa shape index (κ3) is 7.76. The van der Waals surface area contributed by atoms with Crippen molar-refractivity contribution in [3.05, 3.63) is 101 Å². The van der Waals surface area contributed by atoms with Crippen LogP contribution in [0.2, 0.25) is 5.02 Å². The van der Waals surface area contributed by atoms with Crippen LogP contribution in [0.25, 0.3) is 28.2 Å². The van der Waals surface area contributed by atoms with Gasteiger partial charge in [0.1, 0.15) is 23.2 Å². The fraction of sp³-hybridized carbons (Fsp3) is 0.364. The highest BCUT2D eigenvalue weighted by atomic mass is 35.5. The summed E-state index contributed by atoms with van der Waals surface area (Å²) in [6.07, 6.45) is -1.16. The summed E-state index contributed by atoms with van der Waals surface area (Å²) >= 11 is 6.31. The normalized spacial score (nSPS) is 19.9. The molecule has 1 aromatic heterocycles. The summed E-state index contributed by atoms with van der Waals surface area (Å²) in [7, 11) is 0. The van der Waals surface area contributed by atoms with Crippen LogP contribution in [0.5, 0.6) is 0 Å². The number of hydrogen-bond donors (Lipinski definition) is 6. The Bertz CT molecular complexity index is 2160. The van der Waals surface area contributed by atoms with Gasteiger partial charge >= 0.3 is 12.2 Å². The van der Waals surface area contributed by atoms with E-state index >= 15 is 0 Å². The fourth-order valence-electron chi connectivity index (χ4n) is 8.85. The van der Waals surface area contributed by atoms with Crippen LogP contribution in [-0.2, 0) is 30.3 Å². The maximum Gasteiger partial charge on any atom is 0.405 e. The second kappa shape index (κ2) is 17.1. The van der Waals surface area contributed by atoms with Gasteiger partial charge in [0.15, 0.2) is 0 Å². The van der Waals surface area contributed by atoms with Crippen molar-refractivity contribution in [1.29, 1.82) is 0 Å². The van der Waals surface area contributed by atoms with Crippen molar-refractivity contribution in [2.45, 2.75) is 76.5 Å². The van der Waals surface area contributed by atoms with Crippen molar-refractivity contribution < 1.29 is 39.0 Å². The number of benzene rings is 3. The molecule has 0 spiro atoms. The van der Waals surface area contributed by atoms with E-state index in [0.717, 1.165) is 28.2 Å². The van der Waals surface area contributed by atoms with E-state index in [1.54, 1.807) is 64.1 Å². The molecule has 4 atom stereocenters. The Labute approximate surface area is 352 Å². The maximum atomic E-state index is 13.9. The number of nitrogens with two attached hydrogens (primary N) is 2. The molecule has 0 aliphatic carbocycles. The standard InChI is InChI=1S/C44H50ClN7O8/c1-25(2)35(48-41(57)58)37(53)50-23-5-21-43(50,39(46)55)29-11-7-27(8-12-29)33-19-20-34(52(33)32-17-15-31(45)16-18-32)28-9-13-30(14-10-28)44(40(47)56)22-6-24-51(44)38(54)36(26(3)4)49-42(59)60/h7-20,25-26,35-36,48-49H,5-6,21-24H2,1-4H3,(H2,46,55)(H2,47,56)(H,57,58)(H,59,60)/t35-,36-,43-,44-/m0/s1. The predicted molar refractivity (Wildman–Crippen MR) is 225 cm³/mol. The van der Waals surface area contributed by atoms with Gasteiger partial charge in [0, 0.05) is 23.8 Å². The van der Waals surface area contributed by atoms with Crippen LogP contribution in [0.1, 0.15) is 64.5 Å². The first kappa shape index (κ1) is 43.2. The minimum atomic E-state index is -1.49. The van der Waals surface area contributed by atoms with Crippen molar-refractivity contribution >= 4 is 47.4 Å². The van der Waals surface area contributed by atoms with Gasteiger partial charge in [0.05, 0.1) is 11.4 Å². The van der Waals surface area contributed by atoms with Crippen molar-refractivity contribution in [3.8, 4) is 28.2 Å². The molecule has 0 saturated carbocycles. The van der Waals surface area contributed by atoms with Crippen LogP contribution in [0, 0.1) is 11.8 Å². The number of aromatic nitrogens is 1. The minimum Gasteiger partial charge on any atom is -0.465 e. The van der Waals surface area contributed by atoms with Crippen LogP contribution in [0.3, 0.4) is 0 Å². The van der Waals surface area contributed by atoms with Crippen LogP contribution in [-0.4, -0.2) is 85.6 Å². The number of hydrogen-bond acceptors (Lipinski definition) is 6. The molecule has 6 amide bonds. The van der Waals surface area contributed by atoms with Gasteiger partial charge in [-0.05, 0) is 96.2 Å². The molecule has 3 heterocycles. The largest absolute Gasteiger partial charge is 0.465 e. The summed E-state index contributed by atoms with van der Waals surface area (Å²) in [4.78, 5) is 80.4. The molecule has 2 aliphatic rings. The van der Waals surface area contributed by atoms with E-state index in [1.807, 2.05) is 53.1 Å². The zero-order valence-corrected chi connectivity index (χ0v) is 34.6. The van der Waals surface area contributed by atoms with Gasteiger partial charge < -0.3 is 46.7 Å². The molecule has 15 nitrogen and oxygen atoms in total. The number of rotatable bonds is 13. The molecule has 6 rings (SSSR count). The van der Waals surface area contributed by atoms with Crippen LogP contribution >= 0.6 is 11.6 Å². The first-order valence-electron chi connectivity index (χ1n) is 19.8. The van der Waals surface area contributed by atoms with Crippen LogP contribution < -0.4 is 22.1 Å². The van der Waals surface area contributed by atoms with Crippen LogP contribution in [0.15, 0.2) is 84.9 Å². The number of carboxylic acid groups (broad SMARTS) is 2. The number of amides is 6. The lowest BCUT2D eigenvalue weighted by atomic mass is 9.85. The highest BCUT2D eigenvalue weighted by molar-refractivity contribution is 6.30. The Balaban J connectivity index is 1.39. The number of carbonyl (C=O) groups excluding carboxylic acids is 4. The summed E-state index contributed by atoms with van der Waals surface area (Å²) in [5.41, 5.74) is 14.1. The summed E-state index contributed by atoms with van der Waals surface area (Å²) in [5, 5.41) is 24.1. The second-order valence-electron chi connectivity index (χ2n) is 16.0. The highest BCUT2D eigenvalue weighted by Gasteiger charge is 2.53. The molecule has 60 heavy (non-hydrogen) atoms. The first-order chi connectivity index (χ1) is 28.4. The molecule has 316 valence electrons. The number of nitrogens with one attached hydrogen (secondary N) is 2. The van der Waals surface area contributed by atoms with Crippen molar-refractivity contribution in [2.75, 3.05) is 13.1 Å². The summed E-state index contributed by atoms with van der Waals surface area (Å²) in [6, 6.07) is 23.5. The SMILES string of the molecule is CC(C)[C@H](NC(=O)O)C(=O)N1CCC[C@@]1(C(N)=O)c1ccc(-c2ccc(-c3ccc([C@]4(C(N)=O)CCCN4C(=O)[C@@H](NC(=O)O)C(C)C)cc3)n2-c2ccc(Cl)cc2)cc1. The number of halogens is 1. The molecule has 8 N–H and O–H groups in total. The quantitative estimate of drug-likeness (QED) is 0.0982. The zero-order chi connectivity index (χ0) is 43.7. The topological polar surface area (TPSA) is 230 Å². The Morgan fingerprint density at radius 3 is 1.28 bits per heavy atom. The third-order valence-corrected chi connectivity index (χ3v) is 12.1. The molecule has 0 bridgehead atoms. The maximum absolute atomic E-state index is 13.9. The number of primary amides is 2. The van der Waals surface area contributed by atoms with Gasteiger partial charge in [-0.2, -0.15) is 0 Å². The molecule has 2 aliphatic heterocycles. The Kier molecular flexibility index (Phi) is 12.3. The van der Waals surface area contributed by atoms with E-state index in [0.29, 0.717) is 29.0 Å². The molecule has 3 aromatic carbocycles. The summed E-state index contributed by atoms with van der Waals surface area (Å²) < 4.78 is 2.03. The van der Waals surface area contributed by atoms with Gasteiger partial charge in [0.25, 0.3) is 0 Å². The Hall–Kier alpha value is -6.35. The van der Waals surface area contributed by atoms with Crippen molar-refractivity contribution in [3.63, 3.8) is 0 Å². The van der Waals surface area contributed by atoms with E-state index < -0.39 is 59.0 Å². The average Bonchev–Trinajstić information content (AvgIpc) is 3.97. The summed E-state index contributed by atoms with van der Waals surface area (Å²) in [5.74, 6) is -3.25. The lowest BCUT2D eigenvalue weighted by Gasteiger charge is -2.39. The Morgan fingerprint density at radius 2 is 0.967 bits per heavy atom. The molecular weight excluding hydrogens is 790 g/mol. The van der Waals surface area contributed by atoms with Gasteiger partial charge in [-0.25, -0.2) is 9.59 Å². The number of likely N-dealkylation sites (tertiary alicyclic amines) is 2. The predicted octanol–water partition coefficient (Wildman–Crippen LogP) is 5.66. The first-order valence-corrected chi connectivity index (χ1v) is 20.2. The van der Waals surface area contributed by atoms with Gasteiger partial charge in [-0.3, -0.25) is 19.2 Å². The third-order valence-electron chi connectivity index (χ3n) is 11.8. The fourth-order valence-corrected chi connectivity index (χ4v) is 8.98. The monoisotopic (exact) mass is 839 g/mol. The molecule has 0 radical (unpaired) electrons. The van der Waals surface area contributed by atoms with E-state index in [2.05, 4.69) is 10.6 Å². The lowest BCUT2D eigenvalue weighted by molar-refractivity contribution is -0.146. The van der Waals surface area contributed by atoms with Gasteiger partial charge in [-0.1, -0.05) is 87.8 Å². The van der Waals surface area contributed by atoms with Crippen molar-refractivity contribution in [1.82, 2.24) is 25.0 Å².